The van der Waals surface area contributed by atoms with Crippen molar-refractivity contribution in [3.63, 3.8) is 0 Å². The number of thiazole rings is 1. The summed E-state index contributed by atoms with van der Waals surface area (Å²) in [4.78, 5) is 7.46. The van der Waals surface area contributed by atoms with E-state index in [1.807, 2.05) is 0 Å². The van der Waals surface area contributed by atoms with Crippen molar-refractivity contribution >= 4 is 42.6 Å². The van der Waals surface area contributed by atoms with Gasteiger partial charge in [-0.3, -0.25) is 4.90 Å². The van der Waals surface area contributed by atoms with Crippen molar-refractivity contribution in [1.82, 2.24) is 9.88 Å². The number of likely N-dealkylation sites (tertiary alicyclic amines) is 1. The first-order valence-electron chi connectivity index (χ1n) is 10.2. The molecule has 144 valence electrons. The van der Waals surface area contributed by atoms with Crippen LogP contribution in [0.15, 0.2) is 34.3 Å². The lowest BCUT2D eigenvalue weighted by atomic mass is 9.49. The SMILES string of the molecule is CC1(C)[C@H]2CC=C(CN3CCC(Nc4nc5c(Br)cccc5s4)CC3)[C@@H]1C2. The molecule has 6 rings (SSSR count). The maximum atomic E-state index is 4.79. The van der Waals surface area contributed by atoms with E-state index in [9.17, 15) is 0 Å². The molecular formula is C22H28BrN3S. The third-order valence-electron chi connectivity index (χ3n) is 7.27. The summed E-state index contributed by atoms with van der Waals surface area (Å²) in [6.07, 6.45) is 7.73. The number of para-hydroxylation sites is 1. The van der Waals surface area contributed by atoms with Gasteiger partial charge in [-0.15, -0.1) is 0 Å². The molecule has 2 heterocycles. The maximum absolute atomic E-state index is 4.79. The fraction of sp³-hybridized carbons (Fsp3) is 0.591. The Kier molecular flexibility index (Phi) is 4.60. The van der Waals surface area contributed by atoms with E-state index in [0.717, 1.165) is 27.0 Å². The Morgan fingerprint density at radius 1 is 1.30 bits per heavy atom. The van der Waals surface area contributed by atoms with Gasteiger partial charge in [0.2, 0.25) is 0 Å². The standard InChI is InChI=1S/C22H28BrN3S/c1-22(2)15-7-6-14(17(22)12-15)13-26-10-8-16(9-11-26)24-21-25-20-18(23)4-3-5-19(20)27-21/h3-6,15-17H,7-13H2,1-2H3,(H,24,25)/t15-,17-/m0/s1. The van der Waals surface area contributed by atoms with Crippen LogP contribution in [0.3, 0.4) is 0 Å². The van der Waals surface area contributed by atoms with Crippen LogP contribution in [-0.4, -0.2) is 35.6 Å². The number of hydrogen-bond donors (Lipinski definition) is 1. The molecule has 2 aromatic rings. The van der Waals surface area contributed by atoms with Crippen LogP contribution in [-0.2, 0) is 0 Å². The Morgan fingerprint density at radius 2 is 2.11 bits per heavy atom. The van der Waals surface area contributed by atoms with Crippen LogP contribution in [0.2, 0.25) is 0 Å². The lowest BCUT2D eigenvalue weighted by molar-refractivity contribution is -0.0112. The molecule has 0 unspecified atom stereocenters. The minimum atomic E-state index is 0.547. The number of halogens is 1. The molecular weight excluding hydrogens is 418 g/mol. The number of benzene rings is 1. The zero-order chi connectivity index (χ0) is 18.6. The fourth-order valence-electron chi connectivity index (χ4n) is 5.30. The van der Waals surface area contributed by atoms with E-state index in [0.29, 0.717) is 11.5 Å². The molecule has 1 aromatic carbocycles. The Morgan fingerprint density at radius 3 is 2.81 bits per heavy atom. The Hall–Kier alpha value is -0.910. The van der Waals surface area contributed by atoms with Crippen LogP contribution < -0.4 is 5.32 Å². The fourth-order valence-corrected chi connectivity index (χ4v) is 6.86. The minimum absolute atomic E-state index is 0.547. The van der Waals surface area contributed by atoms with E-state index in [-0.39, 0.29) is 0 Å². The third-order valence-corrected chi connectivity index (χ3v) is 8.87. The van der Waals surface area contributed by atoms with E-state index < -0.39 is 0 Å². The highest BCUT2D eigenvalue weighted by Crippen LogP contribution is 2.59. The van der Waals surface area contributed by atoms with Crippen LogP contribution in [0.1, 0.15) is 39.5 Å². The molecule has 3 nitrogen and oxygen atoms in total. The molecule has 27 heavy (non-hydrogen) atoms. The van der Waals surface area contributed by atoms with E-state index in [1.165, 1.54) is 50.0 Å². The molecule has 2 bridgehead atoms. The number of aromatic nitrogens is 1. The molecule has 1 saturated carbocycles. The molecule has 4 aliphatic rings. The summed E-state index contributed by atoms with van der Waals surface area (Å²) in [5.74, 6) is 1.78. The summed E-state index contributed by atoms with van der Waals surface area (Å²) in [5.41, 5.74) is 3.35. The maximum Gasteiger partial charge on any atom is 0.184 e. The molecule has 1 aliphatic heterocycles. The summed E-state index contributed by atoms with van der Waals surface area (Å²) in [5, 5.41) is 4.76. The minimum Gasteiger partial charge on any atom is -0.359 e. The molecule has 3 aliphatic carbocycles. The van der Waals surface area contributed by atoms with Crippen LogP contribution >= 0.6 is 27.3 Å². The summed E-state index contributed by atoms with van der Waals surface area (Å²) in [7, 11) is 0. The Balaban J connectivity index is 1.17. The van der Waals surface area contributed by atoms with Gasteiger partial charge in [0.25, 0.3) is 0 Å². The van der Waals surface area contributed by atoms with E-state index in [2.05, 4.69) is 64.3 Å². The van der Waals surface area contributed by atoms with Gasteiger partial charge < -0.3 is 5.32 Å². The summed E-state index contributed by atoms with van der Waals surface area (Å²) < 4.78 is 2.33. The molecule has 1 aromatic heterocycles. The van der Waals surface area contributed by atoms with Crippen molar-refractivity contribution in [2.24, 2.45) is 17.3 Å². The highest BCUT2D eigenvalue weighted by atomic mass is 79.9. The van der Waals surface area contributed by atoms with Crippen molar-refractivity contribution < 1.29 is 0 Å². The molecule has 2 atom stereocenters. The first-order chi connectivity index (χ1) is 13.0. The van der Waals surface area contributed by atoms with Gasteiger partial charge in [-0.1, -0.05) is 42.9 Å². The van der Waals surface area contributed by atoms with Gasteiger partial charge in [-0.05, 0) is 71.0 Å². The van der Waals surface area contributed by atoms with Gasteiger partial charge in [0.15, 0.2) is 5.13 Å². The zero-order valence-electron chi connectivity index (χ0n) is 16.2. The monoisotopic (exact) mass is 445 g/mol. The predicted octanol–water partition coefficient (Wildman–Crippen LogP) is 5.93. The molecule has 1 N–H and O–H groups in total. The normalized spacial score (nSPS) is 28.0. The van der Waals surface area contributed by atoms with Crippen LogP contribution in [0, 0.1) is 17.3 Å². The number of anilines is 1. The van der Waals surface area contributed by atoms with Gasteiger partial charge in [-0.25, -0.2) is 4.98 Å². The third kappa shape index (κ3) is 3.26. The van der Waals surface area contributed by atoms with Crippen LogP contribution in [0.25, 0.3) is 10.2 Å². The van der Waals surface area contributed by atoms with Gasteiger partial charge in [0.05, 0.1) is 10.2 Å². The number of piperidine rings is 1. The number of rotatable bonds is 4. The van der Waals surface area contributed by atoms with Crippen molar-refractivity contribution in [2.45, 2.75) is 45.6 Å². The molecule has 2 fully saturated rings. The van der Waals surface area contributed by atoms with Gasteiger partial charge >= 0.3 is 0 Å². The average molecular weight is 446 g/mol. The highest BCUT2D eigenvalue weighted by molar-refractivity contribution is 9.10. The van der Waals surface area contributed by atoms with Crippen molar-refractivity contribution in [3.8, 4) is 0 Å². The van der Waals surface area contributed by atoms with Crippen molar-refractivity contribution in [2.75, 3.05) is 25.0 Å². The van der Waals surface area contributed by atoms with Gasteiger partial charge in [-0.2, -0.15) is 0 Å². The first-order valence-corrected chi connectivity index (χ1v) is 11.8. The average Bonchev–Trinajstić information content (AvgIpc) is 3.07. The molecule has 1 saturated heterocycles. The molecule has 0 radical (unpaired) electrons. The van der Waals surface area contributed by atoms with E-state index in [4.69, 9.17) is 4.98 Å². The smallest absolute Gasteiger partial charge is 0.184 e. The zero-order valence-corrected chi connectivity index (χ0v) is 18.6. The Bertz CT molecular complexity index is 879. The summed E-state index contributed by atoms with van der Waals surface area (Å²) in [6.45, 7) is 8.54. The number of hydrogen-bond acceptors (Lipinski definition) is 4. The lowest BCUT2D eigenvalue weighted by Crippen LogP contribution is -2.50. The number of nitrogens with one attached hydrogen (secondary N) is 1. The number of fused-ring (bicyclic) bond motifs is 2. The second-order valence-corrected chi connectivity index (χ2v) is 11.0. The number of allylic oxidation sites excluding steroid dienone is 1. The summed E-state index contributed by atoms with van der Waals surface area (Å²) >= 11 is 5.38. The highest BCUT2D eigenvalue weighted by Gasteiger charge is 2.51. The van der Waals surface area contributed by atoms with Crippen molar-refractivity contribution in [3.05, 3.63) is 34.3 Å². The summed E-state index contributed by atoms with van der Waals surface area (Å²) in [6, 6.07) is 6.84. The van der Waals surface area contributed by atoms with E-state index in [1.54, 1.807) is 16.9 Å². The quantitative estimate of drug-likeness (QED) is 0.591. The van der Waals surface area contributed by atoms with Gasteiger partial charge in [0.1, 0.15) is 0 Å². The Labute approximate surface area is 174 Å². The van der Waals surface area contributed by atoms with Crippen molar-refractivity contribution in [1.29, 1.82) is 0 Å². The van der Waals surface area contributed by atoms with E-state index >= 15 is 0 Å². The molecule has 0 amide bonds. The lowest BCUT2D eigenvalue weighted by Gasteiger charge is -2.57. The topological polar surface area (TPSA) is 28.2 Å². The van der Waals surface area contributed by atoms with Gasteiger partial charge in [0, 0.05) is 30.1 Å². The number of nitrogens with zero attached hydrogens (tertiary/aromatic N) is 2. The predicted molar refractivity (Wildman–Crippen MR) is 118 cm³/mol. The largest absolute Gasteiger partial charge is 0.359 e. The van der Waals surface area contributed by atoms with Crippen LogP contribution in [0.4, 0.5) is 5.13 Å². The van der Waals surface area contributed by atoms with Crippen LogP contribution in [0.5, 0.6) is 0 Å². The molecule has 0 spiro atoms. The second kappa shape index (κ2) is 6.85. The first kappa shape index (κ1) is 18.1. The second-order valence-electron chi connectivity index (χ2n) is 9.12. The molecule has 5 heteroatoms.